The minimum Gasteiger partial charge on any atom is -0.341 e. The molecule has 0 unspecified atom stereocenters. The molecule has 0 radical (unpaired) electrons. The van der Waals surface area contributed by atoms with Gasteiger partial charge >= 0.3 is 0 Å². The molecule has 20 heavy (non-hydrogen) atoms. The molecule has 114 valence electrons. The first-order chi connectivity index (χ1) is 8.67. The Hall–Kier alpha value is -0.780. The fourth-order valence-electron chi connectivity index (χ4n) is 2.66. The Bertz CT molecular complexity index is 426. The Balaban J connectivity index is 0.000001000. The maximum Gasteiger partial charge on any atom is 0.242 e. The zero-order chi connectivity index (χ0) is 12.6. The number of amides is 1. The lowest BCUT2D eigenvalue weighted by Crippen LogP contribution is -2.49. The summed E-state index contributed by atoms with van der Waals surface area (Å²) in [6.45, 7) is 2.66. The smallest absolute Gasteiger partial charge is 0.242 e. The van der Waals surface area contributed by atoms with E-state index in [4.69, 9.17) is 5.73 Å². The predicted molar refractivity (Wildman–Crippen MR) is 82.2 cm³/mol. The van der Waals surface area contributed by atoms with Crippen molar-refractivity contribution in [2.75, 3.05) is 13.1 Å². The van der Waals surface area contributed by atoms with Gasteiger partial charge in [0.2, 0.25) is 5.91 Å². The number of rotatable bonds is 3. The largest absolute Gasteiger partial charge is 0.341 e. The number of carbonyl (C=O) groups is 1. The Kier molecular flexibility index (Phi) is 5.86. The molecule has 1 saturated carbocycles. The van der Waals surface area contributed by atoms with Crippen LogP contribution in [0.4, 0.5) is 0 Å². The lowest BCUT2D eigenvalue weighted by atomic mass is 9.96. The highest BCUT2D eigenvalue weighted by Gasteiger charge is 2.48. The average Bonchev–Trinajstić information content (AvgIpc) is 2.93. The van der Waals surface area contributed by atoms with Gasteiger partial charge in [0.25, 0.3) is 0 Å². The minimum atomic E-state index is -0.505. The average molecular weight is 321 g/mol. The van der Waals surface area contributed by atoms with Crippen LogP contribution in [0, 0.1) is 5.92 Å². The zero-order valence-electron chi connectivity index (χ0n) is 11.4. The van der Waals surface area contributed by atoms with E-state index in [1.54, 1.807) is 0 Å². The molecule has 1 aromatic heterocycles. The van der Waals surface area contributed by atoms with Crippen molar-refractivity contribution in [1.82, 2.24) is 14.7 Å². The molecule has 7 heteroatoms. The molecule has 2 heterocycles. The summed E-state index contributed by atoms with van der Waals surface area (Å²) in [6.07, 6.45) is 7.64. The van der Waals surface area contributed by atoms with Crippen LogP contribution < -0.4 is 5.73 Å². The van der Waals surface area contributed by atoms with E-state index in [0.717, 1.165) is 45.3 Å². The first-order valence-corrected chi connectivity index (χ1v) is 6.73. The van der Waals surface area contributed by atoms with Crippen molar-refractivity contribution in [2.24, 2.45) is 11.7 Å². The van der Waals surface area contributed by atoms with Crippen molar-refractivity contribution in [1.29, 1.82) is 0 Å². The molecule has 1 aromatic rings. The van der Waals surface area contributed by atoms with E-state index in [1.165, 1.54) is 0 Å². The van der Waals surface area contributed by atoms with Gasteiger partial charge in [-0.05, 0) is 37.7 Å². The maximum atomic E-state index is 12.1. The number of aromatic nitrogens is 2. The van der Waals surface area contributed by atoms with Crippen molar-refractivity contribution in [3.8, 4) is 0 Å². The third-order valence-corrected chi connectivity index (χ3v) is 4.12. The normalized spacial score (nSPS) is 20.8. The van der Waals surface area contributed by atoms with Gasteiger partial charge in [-0.1, -0.05) is 0 Å². The first kappa shape index (κ1) is 17.3. The first-order valence-electron chi connectivity index (χ1n) is 6.73. The van der Waals surface area contributed by atoms with Gasteiger partial charge in [0.15, 0.2) is 0 Å². The molecule has 0 aromatic carbocycles. The summed E-state index contributed by atoms with van der Waals surface area (Å²) in [5, 5.41) is 4.23. The highest BCUT2D eigenvalue weighted by Crippen LogP contribution is 2.35. The second-order valence-electron chi connectivity index (χ2n) is 5.62. The van der Waals surface area contributed by atoms with E-state index in [-0.39, 0.29) is 30.7 Å². The fourth-order valence-corrected chi connectivity index (χ4v) is 2.66. The number of halogens is 2. The van der Waals surface area contributed by atoms with Crippen LogP contribution in [0.5, 0.6) is 0 Å². The van der Waals surface area contributed by atoms with Crippen molar-refractivity contribution in [2.45, 2.75) is 37.8 Å². The Morgan fingerprint density at radius 1 is 1.30 bits per heavy atom. The Labute approximate surface area is 131 Å². The van der Waals surface area contributed by atoms with Crippen LogP contribution in [0.1, 0.15) is 25.7 Å². The van der Waals surface area contributed by atoms with E-state index in [9.17, 15) is 4.79 Å². The van der Waals surface area contributed by atoms with Crippen molar-refractivity contribution < 1.29 is 4.79 Å². The summed E-state index contributed by atoms with van der Waals surface area (Å²) in [6, 6.07) is 1.95. The lowest BCUT2D eigenvalue weighted by molar-refractivity contribution is -0.135. The number of nitrogens with zero attached hydrogens (tertiary/aromatic N) is 3. The van der Waals surface area contributed by atoms with Gasteiger partial charge in [0.1, 0.15) is 0 Å². The predicted octanol–water partition coefficient (Wildman–Crippen LogP) is 1.46. The van der Waals surface area contributed by atoms with Gasteiger partial charge in [0, 0.05) is 32.0 Å². The van der Waals surface area contributed by atoms with Crippen LogP contribution in [-0.4, -0.2) is 39.2 Å². The molecule has 5 nitrogen and oxygen atoms in total. The Morgan fingerprint density at radius 3 is 2.45 bits per heavy atom. The molecule has 2 fully saturated rings. The molecule has 2 aliphatic rings. The van der Waals surface area contributed by atoms with E-state index < -0.39 is 5.54 Å². The van der Waals surface area contributed by atoms with Gasteiger partial charge in [-0.25, -0.2) is 0 Å². The molecule has 1 amide bonds. The van der Waals surface area contributed by atoms with E-state index >= 15 is 0 Å². The van der Waals surface area contributed by atoms with Gasteiger partial charge in [-0.2, -0.15) is 5.10 Å². The number of piperidine rings is 1. The second kappa shape index (κ2) is 6.78. The summed E-state index contributed by atoms with van der Waals surface area (Å²) < 4.78 is 1.98. The zero-order valence-corrected chi connectivity index (χ0v) is 13.0. The van der Waals surface area contributed by atoms with Crippen molar-refractivity contribution >= 4 is 30.7 Å². The summed E-state index contributed by atoms with van der Waals surface area (Å²) in [7, 11) is 0. The highest BCUT2D eigenvalue weighted by atomic mass is 35.5. The van der Waals surface area contributed by atoms with Gasteiger partial charge in [0.05, 0.1) is 5.54 Å². The number of likely N-dealkylation sites (tertiary alicyclic amines) is 1. The van der Waals surface area contributed by atoms with Crippen LogP contribution >= 0.6 is 24.8 Å². The second-order valence-corrected chi connectivity index (χ2v) is 5.62. The SMILES string of the molecule is Cl.Cl.NC1(C(=O)N2CCC(Cn3cccn3)CC2)CC1. The van der Waals surface area contributed by atoms with E-state index in [0.29, 0.717) is 5.92 Å². The summed E-state index contributed by atoms with van der Waals surface area (Å²) in [4.78, 5) is 14.0. The van der Waals surface area contributed by atoms with Gasteiger partial charge in [-0.3, -0.25) is 9.48 Å². The molecule has 0 spiro atoms. The van der Waals surface area contributed by atoms with E-state index in [1.807, 2.05) is 28.0 Å². The van der Waals surface area contributed by atoms with Gasteiger partial charge < -0.3 is 10.6 Å². The van der Waals surface area contributed by atoms with Crippen LogP contribution in [-0.2, 0) is 11.3 Å². The summed E-state index contributed by atoms with van der Waals surface area (Å²) in [5.41, 5.74) is 5.45. The van der Waals surface area contributed by atoms with Crippen LogP contribution in [0.3, 0.4) is 0 Å². The number of nitrogens with two attached hydrogens (primary N) is 1. The molecule has 1 aliphatic heterocycles. The van der Waals surface area contributed by atoms with E-state index in [2.05, 4.69) is 5.10 Å². The summed E-state index contributed by atoms with van der Waals surface area (Å²) >= 11 is 0. The molecule has 3 rings (SSSR count). The third-order valence-electron chi connectivity index (χ3n) is 4.12. The van der Waals surface area contributed by atoms with Crippen LogP contribution in [0.25, 0.3) is 0 Å². The van der Waals surface area contributed by atoms with Crippen molar-refractivity contribution in [3.05, 3.63) is 18.5 Å². The molecule has 0 bridgehead atoms. The highest BCUT2D eigenvalue weighted by molar-refractivity contribution is 5.89. The standard InChI is InChI=1S/C13H20N4O.2ClH/c14-13(4-5-13)12(18)16-8-2-11(3-9-16)10-17-7-1-6-15-17;;/h1,6-7,11H,2-5,8-10,14H2;2*1H. The fraction of sp³-hybridized carbons (Fsp3) is 0.692. The van der Waals surface area contributed by atoms with Crippen LogP contribution in [0.2, 0.25) is 0 Å². The minimum absolute atomic E-state index is 0. The quantitative estimate of drug-likeness (QED) is 0.917. The summed E-state index contributed by atoms with van der Waals surface area (Å²) in [5.74, 6) is 0.793. The molecule has 2 N–H and O–H groups in total. The number of carbonyl (C=O) groups excluding carboxylic acids is 1. The third kappa shape index (κ3) is 3.65. The monoisotopic (exact) mass is 320 g/mol. The van der Waals surface area contributed by atoms with Crippen LogP contribution in [0.15, 0.2) is 18.5 Å². The molecule has 1 aliphatic carbocycles. The number of hydrogen-bond acceptors (Lipinski definition) is 3. The molecule has 0 atom stereocenters. The molecule has 1 saturated heterocycles. The Morgan fingerprint density at radius 2 is 1.95 bits per heavy atom. The lowest BCUT2D eigenvalue weighted by Gasteiger charge is -2.33. The molecular weight excluding hydrogens is 299 g/mol. The molecular formula is C13H22Cl2N4O. The number of hydrogen-bond donors (Lipinski definition) is 1. The van der Waals surface area contributed by atoms with Gasteiger partial charge in [-0.15, -0.1) is 24.8 Å². The topological polar surface area (TPSA) is 64.2 Å². The maximum absolute atomic E-state index is 12.1. The van der Waals surface area contributed by atoms with Crippen molar-refractivity contribution in [3.63, 3.8) is 0 Å².